The number of aryl methyl sites for hydroxylation is 1. The maximum absolute atomic E-state index is 12.5. The number of aromatic amines is 1. The molecule has 0 atom stereocenters. The fraction of sp³-hybridized carbons (Fsp3) is 0.158. The van der Waals surface area contributed by atoms with Crippen LogP contribution in [0.25, 0.3) is 21.1 Å². The lowest BCUT2D eigenvalue weighted by molar-refractivity contribution is -0.118. The number of para-hydroxylation sites is 2. The predicted molar refractivity (Wildman–Crippen MR) is 104 cm³/mol. The van der Waals surface area contributed by atoms with Crippen molar-refractivity contribution < 1.29 is 4.79 Å². The zero-order valence-electron chi connectivity index (χ0n) is 14.1. The molecule has 2 heterocycles. The number of thiazole rings is 1. The molecule has 7 heteroatoms. The van der Waals surface area contributed by atoms with Gasteiger partial charge >= 0.3 is 0 Å². The van der Waals surface area contributed by atoms with E-state index < -0.39 is 0 Å². The summed E-state index contributed by atoms with van der Waals surface area (Å²) in [7, 11) is 1.72. The molecule has 0 unspecified atom stereocenters. The average Bonchev–Trinajstić information content (AvgIpc) is 3.09. The number of carbonyl (C=O) groups is 1. The summed E-state index contributed by atoms with van der Waals surface area (Å²) in [4.78, 5) is 37.9. The van der Waals surface area contributed by atoms with Crippen LogP contribution in [0, 0.1) is 0 Å². The number of aromatic nitrogens is 3. The summed E-state index contributed by atoms with van der Waals surface area (Å²) in [5, 5.41) is 1.21. The van der Waals surface area contributed by atoms with Crippen LogP contribution in [0.15, 0.2) is 53.3 Å². The minimum atomic E-state index is -0.183. The van der Waals surface area contributed by atoms with Crippen LogP contribution in [0.2, 0.25) is 0 Å². The fourth-order valence-electron chi connectivity index (χ4n) is 2.76. The Bertz CT molecular complexity index is 1130. The van der Waals surface area contributed by atoms with Gasteiger partial charge < -0.3 is 4.98 Å². The summed E-state index contributed by atoms with van der Waals surface area (Å²) >= 11 is 1.48. The van der Waals surface area contributed by atoms with Crippen LogP contribution >= 0.6 is 11.3 Å². The van der Waals surface area contributed by atoms with Crippen molar-refractivity contribution in [3.63, 3.8) is 0 Å². The normalized spacial score (nSPS) is 11.1. The van der Waals surface area contributed by atoms with E-state index >= 15 is 0 Å². The first-order chi connectivity index (χ1) is 12.6. The highest BCUT2D eigenvalue weighted by atomic mass is 32.1. The summed E-state index contributed by atoms with van der Waals surface area (Å²) in [5.74, 6) is 0.444. The van der Waals surface area contributed by atoms with E-state index in [2.05, 4.69) is 15.0 Å². The van der Waals surface area contributed by atoms with Crippen LogP contribution in [-0.2, 0) is 11.2 Å². The Balaban J connectivity index is 1.50. The van der Waals surface area contributed by atoms with E-state index in [-0.39, 0.29) is 17.9 Å². The van der Waals surface area contributed by atoms with Gasteiger partial charge in [0.15, 0.2) is 5.13 Å². The van der Waals surface area contributed by atoms with Crippen LogP contribution in [0.1, 0.15) is 12.2 Å². The van der Waals surface area contributed by atoms with E-state index in [0.717, 1.165) is 10.2 Å². The van der Waals surface area contributed by atoms with Gasteiger partial charge in [-0.25, -0.2) is 9.97 Å². The molecule has 4 aromatic rings. The quantitative estimate of drug-likeness (QED) is 0.603. The molecule has 0 fully saturated rings. The Kier molecular flexibility index (Phi) is 4.22. The van der Waals surface area contributed by atoms with Crippen molar-refractivity contribution >= 4 is 43.5 Å². The van der Waals surface area contributed by atoms with Gasteiger partial charge in [0.1, 0.15) is 5.82 Å². The third-order valence-corrected chi connectivity index (χ3v) is 5.29. The number of hydrogen-bond donors (Lipinski definition) is 1. The fourth-order valence-corrected chi connectivity index (χ4v) is 3.70. The lowest BCUT2D eigenvalue weighted by Gasteiger charge is -2.13. The molecule has 4 rings (SSSR count). The Hall–Kier alpha value is -3.06. The van der Waals surface area contributed by atoms with E-state index in [1.54, 1.807) is 30.1 Å². The molecule has 26 heavy (non-hydrogen) atoms. The van der Waals surface area contributed by atoms with Gasteiger partial charge in [-0.15, -0.1) is 0 Å². The molecule has 0 radical (unpaired) electrons. The van der Waals surface area contributed by atoms with E-state index in [4.69, 9.17) is 0 Å². The molecule has 130 valence electrons. The molecule has 2 aromatic heterocycles. The largest absolute Gasteiger partial charge is 0.310 e. The molecular formula is C19H16N4O2S. The number of benzene rings is 2. The lowest BCUT2D eigenvalue weighted by atomic mass is 10.2. The molecule has 0 aliphatic rings. The predicted octanol–water partition coefficient (Wildman–Crippen LogP) is 3.13. The minimum Gasteiger partial charge on any atom is -0.310 e. The highest BCUT2D eigenvalue weighted by Crippen LogP contribution is 2.28. The van der Waals surface area contributed by atoms with Gasteiger partial charge in [0.2, 0.25) is 5.91 Å². The Labute approximate surface area is 153 Å². The Morgan fingerprint density at radius 2 is 1.81 bits per heavy atom. The third kappa shape index (κ3) is 3.09. The highest BCUT2D eigenvalue weighted by Gasteiger charge is 2.16. The van der Waals surface area contributed by atoms with Gasteiger partial charge in [0.05, 0.1) is 21.1 Å². The van der Waals surface area contributed by atoms with Crippen LogP contribution < -0.4 is 10.5 Å². The second-order valence-electron chi connectivity index (χ2n) is 5.95. The SMILES string of the molecule is CN(C(=O)CCc1nc2ccccc2c(=O)[nH]1)c1nc2ccccc2s1. The molecular weight excluding hydrogens is 348 g/mol. The highest BCUT2D eigenvalue weighted by molar-refractivity contribution is 7.22. The lowest BCUT2D eigenvalue weighted by Crippen LogP contribution is -2.26. The molecule has 6 nitrogen and oxygen atoms in total. The van der Waals surface area contributed by atoms with Crippen molar-refractivity contribution in [2.24, 2.45) is 0 Å². The van der Waals surface area contributed by atoms with E-state index in [1.807, 2.05) is 30.3 Å². The average molecular weight is 364 g/mol. The van der Waals surface area contributed by atoms with Gasteiger partial charge in [-0.1, -0.05) is 35.6 Å². The van der Waals surface area contributed by atoms with Crippen molar-refractivity contribution in [2.75, 3.05) is 11.9 Å². The monoisotopic (exact) mass is 364 g/mol. The molecule has 0 saturated carbocycles. The molecule has 0 spiro atoms. The topological polar surface area (TPSA) is 79.0 Å². The Morgan fingerprint density at radius 1 is 1.08 bits per heavy atom. The number of amides is 1. The number of hydrogen-bond acceptors (Lipinski definition) is 5. The molecule has 0 bridgehead atoms. The number of anilines is 1. The van der Waals surface area contributed by atoms with E-state index in [0.29, 0.717) is 28.3 Å². The van der Waals surface area contributed by atoms with Crippen LogP contribution in [0.5, 0.6) is 0 Å². The second-order valence-corrected chi connectivity index (χ2v) is 6.96. The zero-order valence-corrected chi connectivity index (χ0v) is 14.9. The summed E-state index contributed by atoms with van der Waals surface area (Å²) in [6.07, 6.45) is 0.613. The van der Waals surface area contributed by atoms with Crippen molar-refractivity contribution in [1.82, 2.24) is 15.0 Å². The first-order valence-electron chi connectivity index (χ1n) is 8.22. The van der Waals surface area contributed by atoms with Crippen molar-refractivity contribution in [2.45, 2.75) is 12.8 Å². The first-order valence-corrected chi connectivity index (χ1v) is 9.03. The number of H-pyrrole nitrogens is 1. The summed E-state index contributed by atoms with van der Waals surface area (Å²) in [6, 6.07) is 15.0. The smallest absolute Gasteiger partial charge is 0.258 e. The number of nitrogens with zero attached hydrogens (tertiary/aromatic N) is 3. The van der Waals surface area contributed by atoms with Gasteiger partial charge in [-0.2, -0.15) is 0 Å². The van der Waals surface area contributed by atoms with E-state index in [1.165, 1.54) is 11.3 Å². The Morgan fingerprint density at radius 3 is 2.62 bits per heavy atom. The second kappa shape index (κ2) is 6.68. The van der Waals surface area contributed by atoms with Crippen LogP contribution in [0.4, 0.5) is 5.13 Å². The third-order valence-electron chi connectivity index (χ3n) is 4.18. The summed E-state index contributed by atoms with van der Waals surface area (Å²) in [5.41, 5.74) is 1.34. The molecule has 0 saturated heterocycles. The van der Waals surface area contributed by atoms with Crippen molar-refractivity contribution in [3.8, 4) is 0 Å². The number of nitrogens with one attached hydrogen (secondary N) is 1. The van der Waals surface area contributed by atoms with Crippen LogP contribution in [-0.4, -0.2) is 27.9 Å². The maximum atomic E-state index is 12.5. The molecule has 0 aliphatic heterocycles. The van der Waals surface area contributed by atoms with Gasteiger partial charge in [0, 0.05) is 19.9 Å². The van der Waals surface area contributed by atoms with Crippen LogP contribution in [0.3, 0.4) is 0 Å². The zero-order chi connectivity index (χ0) is 18.1. The summed E-state index contributed by atoms with van der Waals surface area (Å²) in [6.45, 7) is 0. The van der Waals surface area contributed by atoms with Crippen molar-refractivity contribution in [3.05, 3.63) is 64.7 Å². The van der Waals surface area contributed by atoms with Gasteiger partial charge in [0.25, 0.3) is 5.56 Å². The van der Waals surface area contributed by atoms with E-state index in [9.17, 15) is 9.59 Å². The summed E-state index contributed by atoms with van der Waals surface area (Å²) < 4.78 is 1.04. The van der Waals surface area contributed by atoms with Crippen molar-refractivity contribution in [1.29, 1.82) is 0 Å². The molecule has 0 aliphatic carbocycles. The number of carbonyl (C=O) groups excluding carboxylic acids is 1. The number of rotatable bonds is 4. The molecule has 2 aromatic carbocycles. The maximum Gasteiger partial charge on any atom is 0.258 e. The first kappa shape index (κ1) is 16.4. The number of fused-ring (bicyclic) bond motifs is 2. The minimum absolute atomic E-state index is 0.0696. The standard InChI is InChI=1S/C19H16N4O2S/c1-23(19-21-14-8-4-5-9-15(14)26-19)17(24)11-10-16-20-13-7-3-2-6-12(13)18(25)22-16/h2-9H,10-11H2,1H3,(H,20,22,25). The van der Waals surface area contributed by atoms with Gasteiger partial charge in [-0.05, 0) is 24.3 Å². The van der Waals surface area contributed by atoms with Gasteiger partial charge in [-0.3, -0.25) is 14.5 Å². The molecule has 1 N–H and O–H groups in total. The molecule has 1 amide bonds.